The molecule has 68 valence electrons. The molecular formula is C12H15N. The number of nitrogens with zero attached hydrogens (tertiary/aromatic N) is 1. The van der Waals surface area contributed by atoms with Crippen LogP contribution in [0.5, 0.6) is 0 Å². The van der Waals surface area contributed by atoms with Gasteiger partial charge in [0.2, 0.25) is 0 Å². The van der Waals surface area contributed by atoms with E-state index in [-0.39, 0.29) is 0 Å². The second-order valence-electron chi connectivity index (χ2n) is 3.08. The molecule has 0 atom stereocenters. The molecule has 0 unspecified atom stereocenters. The lowest BCUT2D eigenvalue weighted by atomic mass is 10.2. The zero-order chi connectivity index (χ0) is 9.68. The SMILES string of the molecule is C=CC=Cc1ccc(N(C)C)cc1. The Morgan fingerprint density at radius 1 is 1.15 bits per heavy atom. The van der Waals surface area contributed by atoms with E-state index >= 15 is 0 Å². The van der Waals surface area contributed by atoms with Gasteiger partial charge in [0, 0.05) is 19.8 Å². The first kappa shape index (κ1) is 9.59. The Morgan fingerprint density at radius 2 is 1.77 bits per heavy atom. The van der Waals surface area contributed by atoms with E-state index < -0.39 is 0 Å². The standard InChI is InChI=1S/C12H15N/c1-4-5-6-11-7-9-12(10-8-11)13(2)3/h4-10H,1H2,2-3H3. The van der Waals surface area contributed by atoms with Crippen LogP contribution in [0.15, 0.2) is 43.0 Å². The van der Waals surface area contributed by atoms with Crippen LogP contribution in [-0.4, -0.2) is 14.1 Å². The van der Waals surface area contributed by atoms with Crippen molar-refractivity contribution in [3.05, 3.63) is 48.6 Å². The number of hydrogen-bond acceptors (Lipinski definition) is 1. The zero-order valence-electron chi connectivity index (χ0n) is 8.20. The molecule has 1 aromatic rings. The highest BCUT2D eigenvalue weighted by molar-refractivity contribution is 5.56. The minimum Gasteiger partial charge on any atom is -0.378 e. The first-order valence-electron chi connectivity index (χ1n) is 4.30. The van der Waals surface area contributed by atoms with E-state index in [9.17, 15) is 0 Å². The molecule has 1 rings (SSSR count). The van der Waals surface area contributed by atoms with Crippen molar-refractivity contribution in [3.8, 4) is 0 Å². The topological polar surface area (TPSA) is 3.24 Å². The quantitative estimate of drug-likeness (QED) is 0.635. The third-order valence-corrected chi connectivity index (χ3v) is 1.83. The van der Waals surface area contributed by atoms with Gasteiger partial charge < -0.3 is 4.90 Å². The van der Waals surface area contributed by atoms with E-state index in [1.54, 1.807) is 6.08 Å². The highest BCUT2D eigenvalue weighted by Crippen LogP contribution is 2.12. The van der Waals surface area contributed by atoms with Crippen LogP contribution < -0.4 is 4.90 Å². The lowest BCUT2D eigenvalue weighted by Gasteiger charge is -2.11. The predicted octanol–water partition coefficient (Wildman–Crippen LogP) is 2.95. The molecule has 1 aromatic carbocycles. The third kappa shape index (κ3) is 2.79. The third-order valence-electron chi connectivity index (χ3n) is 1.83. The van der Waals surface area contributed by atoms with Gasteiger partial charge in [0.25, 0.3) is 0 Å². The number of allylic oxidation sites excluding steroid dienone is 2. The van der Waals surface area contributed by atoms with Gasteiger partial charge in [0.15, 0.2) is 0 Å². The summed E-state index contributed by atoms with van der Waals surface area (Å²) in [6.45, 7) is 3.63. The largest absolute Gasteiger partial charge is 0.378 e. The van der Waals surface area contributed by atoms with Gasteiger partial charge in [0.05, 0.1) is 0 Å². The van der Waals surface area contributed by atoms with E-state index in [0.29, 0.717) is 0 Å². The van der Waals surface area contributed by atoms with E-state index in [0.717, 1.165) is 0 Å². The summed E-state index contributed by atoms with van der Waals surface area (Å²) in [6.07, 6.45) is 5.75. The zero-order valence-corrected chi connectivity index (χ0v) is 8.20. The Kier molecular flexibility index (Phi) is 3.32. The first-order valence-corrected chi connectivity index (χ1v) is 4.30. The Bertz CT molecular complexity index is 293. The average Bonchev–Trinajstić information content (AvgIpc) is 2.15. The number of benzene rings is 1. The Morgan fingerprint density at radius 3 is 2.23 bits per heavy atom. The highest BCUT2D eigenvalue weighted by Gasteiger charge is 1.92. The second-order valence-corrected chi connectivity index (χ2v) is 3.08. The fraction of sp³-hybridized carbons (Fsp3) is 0.167. The maximum atomic E-state index is 3.63. The lowest BCUT2D eigenvalue weighted by Crippen LogP contribution is -2.07. The molecule has 0 aliphatic heterocycles. The van der Waals surface area contributed by atoms with Gasteiger partial charge in [-0.2, -0.15) is 0 Å². The highest BCUT2D eigenvalue weighted by atomic mass is 15.1. The van der Waals surface area contributed by atoms with Crippen LogP contribution >= 0.6 is 0 Å². The first-order chi connectivity index (χ1) is 6.24. The minimum absolute atomic E-state index is 1.20. The summed E-state index contributed by atoms with van der Waals surface area (Å²) < 4.78 is 0. The van der Waals surface area contributed by atoms with E-state index in [2.05, 4.69) is 35.7 Å². The number of hydrogen-bond donors (Lipinski definition) is 0. The number of anilines is 1. The molecule has 0 aliphatic carbocycles. The summed E-state index contributed by atoms with van der Waals surface area (Å²) >= 11 is 0. The van der Waals surface area contributed by atoms with Gasteiger partial charge in [0.1, 0.15) is 0 Å². The van der Waals surface area contributed by atoms with Crippen LogP contribution in [0.3, 0.4) is 0 Å². The normalized spacial score (nSPS) is 10.3. The molecule has 0 radical (unpaired) electrons. The summed E-state index contributed by atoms with van der Waals surface area (Å²) in [6, 6.07) is 8.39. The molecule has 0 aliphatic rings. The van der Waals surface area contributed by atoms with Crippen LogP contribution in [0.2, 0.25) is 0 Å². The fourth-order valence-electron chi connectivity index (χ4n) is 1.06. The van der Waals surface area contributed by atoms with Crippen LogP contribution in [0.1, 0.15) is 5.56 Å². The molecule has 0 bridgehead atoms. The van der Waals surface area contributed by atoms with Crippen LogP contribution in [0.25, 0.3) is 6.08 Å². The predicted molar refractivity (Wildman–Crippen MR) is 60.0 cm³/mol. The van der Waals surface area contributed by atoms with Gasteiger partial charge in [-0.25, -0.2) is 0 Å². The summed E-state index contributed by atoms with van der Waals surface area (Å²) in [5, 5.41) is 0. The molecule has 13 heavy (non-hydrogen) atoms. The molecule has 1 nitrogen and oxygen atoms in total. The van der Waals surface area contributed by atoms with Gasteiger partial charge in [-0.05, 0) is 17.7 Å². The van der Waals surface area contributed by atoms with Crippen molar-refractivity contribution in [2.45, 2.75) is 0 Å². The molecule has 0 spiro atoms. The van der Waals surface area contributed by atoms with Crippen molar-refractivity contribution in [2.75, 3.05) is 19.0 Å². The van der Waals surface area contributed by atoms with E-state index in [4.69, 9.17) is 0 Å². The monoisotopic (exact) mass is 173 g/mol. The van der Waals surface area contributed by atoms with Gasteiger partial charge in [-0.15, -0.1) is 0 Å². The van der Waals surface area contributed by atoms with Gasteiger partial charge in [-0.3, -0.25) is 0 Å². The summed E-state index contributed by atoms with van der Waals surface area (Å²) in [5.74, 6) is 0. The molecule has 0 N–H and O–H groups in total. The smallest absolute Gasteiger partial charge is 0.0361 e. The minimum atomic E-state index is 1.20. The van der Waals surface area contributed by atoms with Crippen LogP contribution in [-0.2, 0) is 0 Å². The molecule has 0 saturated carbocycles. The molecule has 0 fully saturated rings. The maximum Gasteiger partial charge on any atom is 0.0361 e. The lowest BCUT2D eigenvalue weighted by molar-refractivity contribution is 1.13. The van der Waals surface area contributed by atoms with Crippen molar-refractivity contribution in [1.29, 1.82) is 0 Å². The second kappa shape index (κ2) is 4.51. The van der Waals surface area contributed by atoms with Crippen molar-refractivity contribution in [1.82, 2.24) is 0 Å². The van der Waals surface area contributed by atoms with E-state index in [1.165, 1.54) is 11.3 Å². The fourth-order valence-corrected chi connectivity index (χ4v) is 1.06. The van der Waals surface area contributed by atoms with Crippen molar-refractivity contribution >= 4 is 11.8 Å². The van der Waals surface area contributed by atoms with Gasteiger partial charge in [-0.1, -0.05) is 36.9 Å². The van der Waals surface area contributed by atoms with Crippen molar-refractivity contribution in [3.63, 3.8) is 0 Å². The molecule has 0 aromatic heterocycles. The van der Waals surface area contributed by atoms with Gasteiger partial charge >= 0.3 is 0 Å². The number of rotatable bonds is 3. The summed E-state index contributed by atoms with van der Waals surface area (Å²) in [7, 11) is 4.07. The molecule has 0 heterocycles. The van der Waals surface area contributed by atoms with E-state index in [1.807, 2.05) is 26.2 Å². The maximum absolute atomic E-state index is 3.63. The van der Waals surface area contributed by atoms with Crippen molar-refractivity contribution in [2.24, 2.45) is 0 Å². The molecule has 1 heteroatoms. The Hall–Kier alpha value is -1.50. The molecule has 0 saturated heterocycles. The van der Waals surface area contributed by atoms with Crippen LogP contribution in [0.4, 0.5) is 5.69 Å². The van der Waals surface area contributed by atoms with Crippen molar-refractivity contribution < 1.29 is 0 Å². The molecular weight excluding hydrogens is 158 g/mol. The molecule has 0 amide bonds. The Balaban J connectivity index is 2.81. The summed E-state index contributed by atoms with van der Waals surface area (Å²) in [5.41, 5.74) is 2.42. The average molecular weight is 173 g/mol. The summed E-state index contributed by atoms with van der Waals surface area (Å²) in [4.78, 5) is 2.08. The van der Waals surface area contributed by atoms with Crippen LogP contribution in [0, 0.1) is 0 Å². The Labute approximate surface area is 80.0 Å².